The molecule has 2 aliphatic rings. The molecule has 2 aliphatic heterocycles. The molecule has 0 spiro atoms. The fourth-order valence-electron chi connectivity index (χ4n) is 4.14. The van der Waals surface area contributed by atoms with Crippen molar-refractivity contribution in [2.75, 3.05) is 31.1 Å². The van der Waals surface area contributed by atoms with Crippen molar-refractivity contribution in [2.45, 2.75) is 24.8 Å². The molecular weight excluding hydrogens is 391 g/mol. The molecule has 6 heteroatoms. The molecule has 0 aromatic heterocycles. The predicted molar refractivity (Wildman–Crippen MR) is 112 cm³/mol. The van der Waals surface area contributed by atoms with Crippen LogP contribution in [0.25, 0.3) is 0 Å². The van der Waals surface area contributed by atoms with Gasteiger partial charge in [0.15, 0.2) is 0 Å². The molecule has 4 rings (SSSR count). The molecule has 0 bridgehead atoms. The van der Waals surface area contributed by atoms with Gasteiger partial charge in [-0.1, -0.05) is 41.4 Å². The van der Waals surface area contributed by atoms with Crippen LogP contribution in [-0.4, -0.2) is 32.3 Å². The third-order valence-electron chi connectivity index (χ3n) is 5.25. The standard InChI is InChI=1S/C20H22Cl2N2O.ClH/c21-16-6-7-18-19(20(16)22)15-8-10-23-11-9-17(15)24(18)12-13-25-14-4-2-1-3-5-14;/h1-7,15,17,23H,8-13H2;1H/t15-,17+;/m1./s1. The molecule has 2 atom stereocenters. The second kappa shape index (κ2) is 8.71. The molecule has 2 aromatic carbocycles. The van der Waals surface area contributed by atoms with Crippen LogP contribution in [0.2, 0.25) is 10.0 Å². The second-order valence-corrected chi connectivity index (χ2v) is 7.44. The molecule has 0 unspecified atom stereocenters. The maximum atomic E-state index is 6.60. The maximum absolute atomic E-state index is 6.60. The van der Waals surface area contributed by atoms with Gasteiger partial charge in [0.1, 0.15) is 12.4 Å². The van der Waals surface area contributed by atoms with E-state index in [1.54, 1.807) is 0 Å². The van der Waals surface area contributed by atoms with E-state index in [4.69, 9.17) is 27.9 Å². The monoisotopic (exact) mass is 412 g/mol. The van der Waals surface area contributed by atoms with Crippen LogP contribution in [0.5, 0.6) is 5.75 Å². The van der Waals surface area contributed by atoms with Gasteiger partial charge in [-0.25, -0.2) is 0 Å². The first-order valence-electron chi connectivity index (χ1n) is 8.89. The van der Waals surface area contributed by atoms with Gasteiger partial charge in [0.2, 0.25) is 0 Å². The third-order valence-corrected chi connectivity index (χ3v) is 6.07. The average Bonchev–Trinajstić information content (AvgIpc) is 2.78. The van der Waals surface area contributed by atoms with Crippen molar-refractivity contribution in [3.8, 4) is 5.75 Å². The minimum absolute atomic E-state index is 0. The number of nitrogens with zero attached hydrogens (tertiary/aromatic N) is 1. The van der Waals surface area contributed by atoms with Crippen LogP contribution < -0.4 is 15.0 Å². The lowest BCUT2D eigenvalue weighted by molar-refractivity contribution is 0.317. The van der Waals surface area contributed by atoms with Gasteiger partial charge in [-0.05, 0) is 50.2 Å². The molecule has 0 aliphatic carbocycles. The smallest absolute Gasteiger partial charge is 0.119 e. The van der Waals surface area contributed by atoms with Crippen LogP contribution in [-0.2, 0) is 0 Å². The topological polar surface area (TPSA) is 24.5 Å². The van der Waals surface area contributed by atoms with Gasteiger partial charge < -0.3 is 15.0 Å². The number of rotatable bonds is 4. The van der Waals surface area contributed by atoms with Crippen molar-refractivity contribution in [1.82, 2.24) is 5.32 Å². The van der Waals surface area contributed by atoms with E-state index in [-0.39, 0.29) is 12.4 Å². The lowest BCUT2D eigenvalue weighted by atomic mass is 9.91. The summed E-state index contributed by atoms with van der Waals surface area (Å²) in [4.78, 5) is 2.47. The summed E-state index contributed by atoms with van der Waals surface area (Å²) in [6, 6.07) is 14.5. The Morgan fingerprint density at radius 3 is 2.62 bits per heavy atom. The highest BCUT2D eigenvalue weighted by Crippen LogP contribution is 2.49. The molecule has 1 N–H and O–H groups in total. The first-order chi connectivity index (χ1) is 12.3. The second-order valence-electron chi connectivity index (χ2n) is 6.65. The Morgan fingerprint density at radius 2 is 1.81 bits per heavy atom. The largest absolute Gasteiger partial charge is 0.492 e. The molecule has 3 nitrogen and oxygen atoms in total. The van der Waals surface area contributed by atoms with Crippen LogP contribution in [0.1, 0.15) is 24.3 Å². The molecule has 2 aromatic rings. The Bertz CT molecular complexity index is 741. The summed E-state index contributed by atoms with van der Waals surface area (Å²) in [7, 11) is 0. The molecule has 26 heavy (non-hydrogen) atoms. The van der Waals surface area contributed by atoms with E-state index in [0.717, 1.165) is 43.2 Å². The SMILES string of the molecule is Cl.Clc1ccc2c(c1Cl)[C@@H]1CCNCC[C@@H]1N2CCOc1ccccc1. The van der Waals surface area contributed by atoms with Crippen molar-refractivity contribution < 1.29 is 4.74 Å². The van der Waals surface area contributed by atoms with E-state index in [9.17, 15) is 0 Å². The Labute approximate surface area is 171 Å². The Hall–Kier alpha value is -1.13. The quantitative estimate of drug-likeness (QED) is 0.750. The van der Waals surface area contributed by atoms with Crippen molar-refractivity contribution in [1.29, 1.82) is 0 Å². The van der Waals surface area contributed by atoms with E-state index in [1.165, 1.54) is 11.3 Å². The summed E-state index contributed by atoms with van der Waals surface area (Å²) in [6.45, 7) is 3.57. The average molecular weight is 414 g/mol. The number of hydrogen-bond donors (Lipinski definition) is 1. The van der Waals surface area contributed by atoms with E-state index >= 15 is 0 Å². The number of hydrogen-bond acceptors (Lipinski definition) is 3. The molecule has 0 amide bonds. The molecule has 1 fully saturated rings. The summed E-state index contributed by atoms with van der Waals surface area (Å²) in [6.07, 6.45) is 2.20. The highest BCUT2D eigenvalue weighted by molar-refractivity contribution is 6.42. The number of para-hydroxylation sites is 1. The fourth-order valence-corrected chi connectivity index (χ4v) is 4.60. The summed E-state index contributed by atoms with van der Waals surface area (Å²) >= 11 is 12.9. The number of benzene rings is 2. The number of nitrogens with one attached hydrogen (secondary N) is 1. The molecule has 0 saturated carbocycles. The van der Waals surface area contributed by atoms with Gasteiger partial charge in [0, 0.05) is 23.2 Å². The van der Waals surface area contributed by atoms with Gasteiger partial charge in [-0.3, -0.25) is 0 Å². The molecule has 140 valence electrons. The minimum Gasteiger partial charge on any atom is -0.492 e. The zero-order valence-corrected chi connectivity index (χ0v) is 16.8. The number of anilines is 1. The highest BCUT2D eigenvalue weighted by Gasteiger charge is 2.40. The van der Waals surface area contributed by atoms with E-state index < -0.39 is 0 Å². The van der Waals surface area contributed by atoms with Crippen molar-refractivity contribution >= 4 is 41.3 Å². The third kappa shape index (κ3) is 3.77. The van der Waals surface area contributed by atoms with E-state index in [1.807, 2.05) is 36.4 Å². The first-order valence-corrected chi connectivity index (χ1v) is 9.64. The van der Waals surface area contributed by atoms with Crippen LogP contribution in [0.15, 0.2) is 42.5 Å². The van der Waals surface area contributed by atoms with Crippen LogP contribution in [0.4, 0.5) is 5.69 Å². The minimum atomic E-state index is 0. The van der Waals surface area contributed by atoms with Crippen LogP contribution in [0.3, 0.4) is 0 Å². The van der Waals surface area contributed by atoms with E-state index in [0.29, 0.717) is 23.6 Å². The number of fused-ring (bicyclic) bond motifs is 3. The van der Waals surface area contributed by atoms with Crippen molar-refractivity contribution in [2.24, 2.45) is 0 Å². The highest BCUT2D eigenvalue weighted by atomic mass is 35.5. The Morgan fingerprint density at radius 1 is 1.04 bits per heavy atom. The zero-order valence-electron chi connectivity index (χ0n) is 14.5. The maximum Gasteiger partial charge on any atom is 0.119 e. The van der Waals surface area contributed by atoms with E-state index in [2.05, 4.69) is 16.3 Å². The number of ether oxygens (including phenoxy) is 1. The fraction of sp³-hybridized carbons (Fsp3) is 0.400. The Balaban J connectivity index is 0.00000196. The van der Waals surface area contributed by atoms with Gasteiger partial charge in [0.05, 0.1) is 16.6 Å². The summed E-state index contributed by atoms with van der Waals surface area (Å²) in [5.41, 5.74) is 2.45. The van der Waals surface area contributed by atoms with Crippen LogP contribution in [0, 0.1) is 0 Å². The van der Waals surface area contributed by atoms with Crippen LogP contribution >= 0.6 is 35.6 Å². The van der Waals surface area contributed by atoms with Crippen molar-refractivity contribution in [3.05, 3.63) is 58.1 Å². The zero-order chi connectivity index (χ0) is 17.2. The first kappa shape index (κ1) is 19.6. The summed E-state index contributed by atoms with van der Waals surface area (Å²) in [5, 5.41) is 4.89. The normalized spacial score (nSPS) is 21.4. The lowest BCUT2D eigenvalue weighted by Crippen LogP contribution is -2.37. The predicted octanol–water partition coefficient (Wildman–Crippen LogP) is 5.15. The molecule has 0 radical (unpaired) electrons. The number of halogens is 3. The molecular formula is C20H23Cl3N2O. The molecule has 1 saturated heterocycles. The van der Waals surface area contributed by atoms with Gasteiger partial charge in [-0.2, -0.15) is 0 Å². The lowest BCUT2D eigenvalue weighted by Gasteiger charge is -2.29. The van der Waals surface area contributed by atoms with Crippen molar-refractivity contribution in [3.63, 3.8) is 0 Å². The summed E-state index contributed by atoms with van der Waals surface area (Å²) in [5.74, 6) is 1.35. The molecule has 2 heterocycles. The Kier molecular flexibility index (Phi) is 6.57. The van der Waals surface area contributed by atoms with Gasteiger partial charge in [-0.15, -0.1) is 12.4 Å². The summed E-state index contributed by atoms with van der Waals surface area (Å²) < 4.78 is 5.93. The van der Waals surface area contributed by atoms with Gasteiger partial charge >= 0.3 is 0 Å². The van der Waals surface area contributed by atoms with Gasteiger partial charge in [0.25, 0.3) is 0 Å².